The molecular formula is C22H25NO2. The van der Waals surface area contributed by atoms with Crippen LogP contribution in [0.3, 0.4) is 0 Å². The summed E-state index contributed by atoms with van der Waals surface area (Å²) in [5.74, 6) is 0.953. The zero-order valence-corrected chi connectivity index (χ0v) is 14.9. The van der Waals surface area contributed by atoms with E-state index in [-0.39, 0.29) is 0 Å². The quantitative estimate of drug-likeness (QED) is 0.841. The number of benzene rings is 2. The second-order valence-corrected chi connectivity index (χ2v) is 7.00. The summed E-state index contributed by atoms with van der Waals surface area (Å²) in [5, 5.41) is 0. The summed E-state index contributed by atoms with van der Waals surface area (Å²) in [4.78, 5) is 2.60. The summed E-state index contributed by atoms with van der Waals surface area (Å²) in [6, 6.07) is 18.0. The van der Waals surface area contributed by atoms with E-state index in [9.17, 15) is 0 Å². The van der Waals surface area contributed by atoms with E-state index in [1.807, 2.05) is 0 Å². The number of fused-ring (bicyclic) bond motifs is 2. The van der Waals surface area contributed by atoms with E-state index in [1.54, 1.807) is 7.11 Å². The van der Waals surface area contributed by atoms with Crippen molar-refractivity contribution in [3.63, 3.8) is 0 Å². The standard InChI is InChI=1S/C22H25NO2/c1-16-10-18(8-9-22(16)24-2)19-11-20-14-25-15-21(12-19)23(20)13-17-6-4-3-5-7-17/h3-11,20-21H,12-15H2,1-2H3. The fourth-order valence-corrected chi connectivity index (χ4v) is 3.99. The molecule has 0 saturated carbocycles. The number of methoxy groups -OCH3 is 1. The minimum absolute atomic E-state index is 0.352. The summed E-state index contributed by atoms with van der Waals surface area (Å²) >= 11 is 0. The molecule has 2 unspecified atom stereocenters. The van der Waals surface area contributed by atoms with Gasteiger partial charge >= 0.3 is 0 Å². The van der Waals surface area contributed by atoms with Crippen molar-refractivity contribution in [2.75, 3.05) is 20.3 Å². The van der Waals surface area contributed by atoms with Crippen molar-refractivity contribution >= 4 is 5.57 Å². The molecule has 0 radical (unpaired) electrons. The molecule has 3 heteroatoms. The summed E-state index contributed by atoms with van der Waals surface area (Å²) < 4.78 is 11.2. The molecule has 2 aromatic rings. The van der Waals surface area contributed by atoms with E-state index in [4.69, 9.17) is 9.47 Å². The van der Waals surface area contributed by atoms with E-state index in [2.05, 4.69) is 66.4 Å². The van der Waals surface area contributed by atoms with Gasteiger partial charge in [-0.2, -0.15) is 0 Å². The Morgan fingerprint density at radius 1 is 1.12 bits per heavy atom. The van der Waals surface area contributed by atoms with Crippen LogP contribution in [-0.2, 0) is 11.3 Å². The summed E-state index contributed by atoms with van der Waals surface area (Å²) in [6.07, 6.45) is 3.44. The molecule has 130 valence electrons. The Balaban J connectivity index is 1.59. The average molecular weight is 335 g/mol. The van der Waals surface area contributed by atoms with Gasteiger partial charge in [0.1, 0.15) is 5.75 Å². The molecule has 2 atom stereocenters. The number of aryl methyl sites for hydroxylation is 1. The van der Waals surface area contributed by atoms with Gasteiger partial charge in [-0.3, -0.25) is 4.90 Å². The van der Waals surface area contributed by atoms with Crippen LogP contribution >= 0.6 is 0 Å². The van der Waals surface area contributed by atoms with Gasteiger partial charge < -0.3 is 9.47 Å². The van der Waals surface area contributed by atoms with Gasteiger partial charge in [-0.25, -0.2) is 0 Å². The Morgan fingerprint density at radius 2 is 1.96 bits per heavy atom. The van der Waals surface area contributed by atoms with Crippen molar-refractivity contribution in [2.24, 2.45) is 0 Å². The fraction of sp³-hybridized carbons (Fsp3) is 0.364. The lowest BCUT2D eigenvalue weighted by Crippen LogP contribution is -2.53. The fourth-order valence-electron chi connectivity index (χ4n) is 3.99. The second kappa shape index (κ2) is 7.03. The maximum absolute atomic E-state index is 5.84. The van der Waals surface area contributed by atoms with Crippen molar-refractivity contribution < 1.29 is 9.47 Å². The molecule has 1 fully saturated rings. The minimum Gasteiger partial charge on any atom is -0.496 e. The van der Waals surface area contributed by atoms with Crippen molar-refractivity contribution in [2.45, 2.75) is 32.0 Å². The van der Waals surface area contributed by atoms with Crippen molar-refractivity contribution in [1.29, 1.82) is 0 Å². The van der Waals surface area contributed by atoms with Crippen molar-refractivity contribution in [3.05, 3.63) is 71.3 Å². The first-order valence-corrected chi connectivity index (χ1v) is 8.97. The van der Waals surface area contributed by atoms with E-state index in [1.165, 1.54) is 22.3 Å². The average Bonchev–Trinajstić information content (AvgIpc) is 2.62. The zero-order chi connectivity index (χ0) is 17.2. The van der Waals surface area contributed by atoms with Crippen LogP contribution in [0.2, 0.25) is 0 Å². The molecule has 4 rings (SSSR count). The normalized spacial score (nSPS) is 23.2. The van der Waals surface area contributed by atoms with Crippen molar-refractivity contribution in [3.8, 4) is 5.75 Å². The highest BCUT2D eigenvalue weighted by Crippen LogP contribution is 2.34. The lowest BCUT2D eigenvalue weighted by Gasteiger charge is -2.45. The molecule has 2 aliphatic heterocycles. The Hall–Kier alpha value is -2.10. The predicted octanol–water partition coefficient (Wildman–Crippen LogP) is 4.06. The summed E-state index contributed by atoms with van der Waals surface area (Å²) in [7, 11) is 1.73. The molecule has 2 heterocycles. The van der Waals surface area contributed by atoms with Gasteiger partial charge in [-0.15, -0.1) is 0 Å². The molecule has 0 amide bonds. The number of morpholine rings is 1. The third-order valence-corrected chi connectivity index (χ3v) is 5.32. The first-order valence-electron chi connectivity index (χ1n) is 8.97. The largest absolute Gasteiger partial charge is 0.496 e. The minimum atomic E-state index is 0.352. The SMILES string of the molecule is COc1ccc(C2=CC3COCC(C2)N3Cc2ccccc2)cc1C. The van der Waals surface area contributed by atoms with Crippen LogP contribution in [0.1, 0.15) is 23.1 Å². The molecule has 1 saturated heterocycles. The molecule has 0 aromatic heterocycles. The highest BCUT2D eigenvalue weighted by molar-refractivity contribution is 5.69. The molecule has 2 aliphatic rings. The summed E-state index contributed by atoms with van der Waals surface area (Å²) in [5.41, 5.74) is 5.31. The van der Waals surface area contributed by atoms with Crippen LogP contribution < -0.4 is 4.74 Å². The molecule has 0 N–H and O–H groups in total. The second-order valence-electron chi connectivity index (χ2n) is 7.00. The highest BCUT2D eigenvalue weighted by Gasteiger charge is 2.34. The van der Waals surface area contributed by atoms with E-state index >= 15 is 0 Å². The van der Waals surface area contributed by atoms with Crippen LogP contribution in [0.15, 0.2) is 54.6 Å². The van der Waals surface area contributed by atoms with Gasteiger partial charge in [0.15, 0.2) is 0 Å². The molecule has 2 aromatic carbocycles. The molecule has 3 nitrogen and oxygen atoms in total. The number of hydrogen-bond acceptors (Lipinski definition) is 3. The van der Waals surface area contributed by atoms with Crippen LogP contribution in [0.5, 0.6) is 5.75 Å². The Morgan fingerprint density at radius 3 is 2.68 bits per heavy atom. The number of nitrogens with zero attached hydrogens (tertiary/aromatic N) is 1. The molecular weight excluding hydrogens is 310 g/mol. The monoisotopic (exact) mass is 335 g/mol. The molecule has 25 heavy (non-hydrogen) atoms. The number of ether oxygens (including phenoxy) is 2. The molecule has 2 bridgehead atoms. The van der Waals surface area contributed by atoms with Gasteiger partial charge in [0.2, 0.25) is 0 Å². The molecule has 0 aliphatic carbocycles. The van der Waals surface area contributed by atoms with Gasteiger partial charge in [-0.05, 0) is 47.7 Å². The van der Waals surface area contributed by atoms with E-state index in [0.29, 0.717) is 12.1 Å². The van der Waals surface area contributed by atoms with Crippen LogP contribution in [0, 0.1) is 6.92 Å². The van der Waals surface area contributed by atoms with Crippen LogP contribution in [-0.4, -0.2) is 37.3 Å². The third-order valence-electron chi connectivity index (χ3n) is 5.32. The van der Waals surface area contributed by atoms with Crippen LogP contribution in [0.25, 0.3) is 5.57 Å². The number of rotatable bonds is 4. The number of hydrogen-bond donors (Lipinski definition) is 0. The van der Waals surface area contributed by atoms with Crippen LogP contribution in [0.4, 0.5) is 0 Å². The van der Waals surface area contributed by atoms with E-state index < -0.39 is 0 Å². The van der Waals surface area contributed by atoms with Gasteiger partial charge in [-0.1, -0.05) is 42.5 Å². The smallest absolute Gasteiger partial charge is 0.121 e. The maximum Gasteiger partial charge on any atom is 0.121 e. The first-order chi connectivity index (χ1) is 12.2. The predicted molar refractivity (Wildman–Crippen MR) is 101 cm³/mol. The van der Waals surface area contributed by atoms with E-state index in [0.717, 1.165) is 31.9 Å². The Labute approximate surface area is 149 Å². The zero-order valence-electron chi connectivity index (χ0n) is 14.9. The first kappa shape index (κ1) is 16.4. The summed E-state index contributed by atoms with van der Waals surface area (Å²) in [6.45, 7) is 4.69. The van der Waals surface area contributed by atoms with Gasteiger partial charge in [0, 0.05) is 12.6 Å². The Kier molecular flexibility index (Phi) is 4.60. The lowest BCUT2D eigenvalue weighted by atomic mass is 9.89. The maximum atomic E-state index is 5.84. The lowest BCUT2D eigenvalue weighted by molar-refractivity contribution is -0.0402. The highest BCUT2D eigenvalue weighted by atomic mass is 16.5. The Bertz CT molecular complexity index is 769. The van der Waals surface area contributed by atoms with Gasteiger partial charge in [0.25, 0.3) is 0 Å². The van der Waals surface area contributed by atoms with Gasteiger partial charge in [0.05, 0.1) is 26.4 Å². The van der Waals surface area contributed by atoms with Crippen molar-refractivity contribution in [1.82, 2.24) is 4.90 Å². The third kappa shape index (κ3) is 3.35. The molecule has 0 spiro atoms. The topological polar surface area (TPSA) is 21.7 Å².